The van der Waals surface area contributed by atoms with Crippen molar-refractivity contribution in [1.82, 2.24) is 0 Å². The van der Waals surface area contributed by atoms with Crippen molar-refractivity contribution in [2.75, 3.05) is 10.6 Å². The first-order valence-electron chi connectivity index (χ1n) is 6.15. The van der Waals surface area contributed by atoms with E-state index < -0.39 is 0 Å². The van der Waals surface area contributed by atoms with Crippen molar-refractivity contribution < 1.29 is 9.59 Å². The maximum Gasteiger partial charge on any atom is 0.248 e. The van der Waals surface area contributed by atoms with Crippen LogP contribution in [0.4, 0.5) is 11.4 Å². The second-order valence-electron chi connectivity index (χ2n) is 4.23. The Morgan fingerprint density at radius 3 is 2.48 bits per heavy atom. The number of anilines is 2. The normalized spacial score (nSPS) is 10.6. The molecule has 1 heterocycles. The van der Waals surface area contributed by atoms with Crippen LogP contribution in [0.3, 0.4) is 0 Å². The van der Waals surface area contributed by atoms with Crippen LogP contribution in [-0.4, -0.2) is 11.8 Å². The number of halogens is 1. The standard InChI is InChI=1S/C15H13ClN2O2S/c1-10(19)17-11-3-2-4-12(9-11)18-15(20)8-6-13-5-7-14(16)21-13/h2-9H,1H3,(H,17,19)(H,18,20). The minimum Gasteiger partial charge on any atom is -0.326 e. The van der Waals surface area contributed by atoms with Gasteiger partial charge in [-0.3, -0.25) is 9.59 Å². The van der Waals surface area contributed by atoms with Gasteiger partial charge in [-0.05, 0) is 36.4 Å². The van der Waals surface area contributed by atoms with Crippen LogP contribution in [0.1, 0.15) is 11.8 Å². The van der Waals surface area contributed by atoms with E-state index in [1.54, 1.807) is 36.4 Å². The Morgan fingerprint density at radius 2 is 1.86 bits per heavy atom. The molecule has 1 aromatic heterocycles. The van der Waals surface area contributed by atoms with Gasteiger partial charge in [0.15, 0.2) is 0 Å². The average molecular weight is 321 g/mol. The lowest BCUT2D eigenvalue weighted by Gasteiger charge is -2.06. The molecule has 0 saturated carbocycles. The summed E-state index contributed by atoms with van der Waals surface area (Å²) in [5.41, 5.74) is 1.24. The van der Waals surface area contributed by atoms with Gasteiger partial charge in [0.2, 0.25) is 11.8 Å². The molecule has 0 aliphatic heterocycles. The van der Waals surface area contributed by atoms with Gasteiger partial charge < -0.3 is 10.6 Å². The van der Waals surface area contributed by atoms with E-state index in [1.807, 2.05) is 6.07 Å². The highest BCUT2D eigenvalue weighted by atomic mass is 35.5. The van der Waals surface area contributed by atoms with Crippen molar-refractivity contribution in [3.05, 3.63) is 51.7 Å². The average Bonchev–Trinajstić information content (AvgIpc) is 2.82. The van der Waals surface area contributed by atoms with Crippen LogP contribution >= 0.6 is 22.9 Å². The summed E-state index contributed by atoms with van der Waals surface area (Å²) in [6, 6.07) is 10.6. The van der Waals surface area contributed by atoms with E-state index in [1.165, 1.54) is 24.3 Å². The van der Waals surface area contributed by atoms with E-state index >= 15 is 0 Å². The summed E-state index contributed by atoms with van der Waals surface area (Å²) >= 11 is 7.21. The number of rotatable bonds is 4. The fraction of sp³-hybridized carbons (Fsp3) is 0.0667. The molecule has 108 valence electrons. The number of carbonyl (C=O) groups excluding carboxylic acids is 2. The Morgan fingerprint density at radius 1 is 1.14 bits per heavy atom. The Balaban J connectivity index is 1.99. The Hall–Kier alpha value is -2.11. The maximum absolute atomic E-state index is 11.8. The van der Waals surface area contributed by atoms with Crippen LogP contribution in [0.25, 0.3) is 6.08 Å². The molecule has 2 aromatic rings. The third kappa shape index (κ3) is 5.06. The molecule has 0 spiro atoms. The minimum absolute atomic E-state index is 0.159. The summed E-state index contributed by atoms with van der Waals surface area (Å²) in [7, 11) is 0. The molecular weight excluding hydrogens is 308 g/mol. The van der Waals surface area contributed by atoms with E-state index in [9.17, 15) is 9.59 Å². The molecule has 4 nitrogen and oxygen atoms in total. The van der Waals surface area contributed by atoms with Gasteiger partial charge in [-0.15, -0.1) is 11.3 Å². The lowest BCUT2D eigenvalue weighted by Crippen LogP contribution is -2.09. The summed E-state index contributed by atoms with van der Waals surface area (Å²) in [4.78, 5) is 23.7. The summed E-state index contributed by atoms with van der Waals surface area (Å²) in [6.45, 7) is 1.43. The molecule has 2 rings (SSSR count). The van der Waals surface area contributed by atoms with E-state index in [0.717, 1.165) is 4.88 Å². The molecule has 0 aliphatic rings. The number of benzene rings is 1. The molecular formula is C15H13ClN2O2S. The summed E-state index contributed by atoms with van der Waals surface area (Å²) < 4.78 is 0.679. The first-order valence-corrected chi connectivity index (χ1v) is 7.34. The van der Waals surface area contributed by atoms with E-state index in [-0.39, 0.29) is 11.8 Å². The first kappa shape index (κ1) is 15.3. The molecule has 0 fully saturated rings. The second-order valence-corrected chi connectivity index (χ2v) is 5.97. The van der Waals surface area contributed by atoms with Crippen molar-refractivity contribution in [3.8, 4) is 0 Å². The predicted molar refractivity (Wildman–Crippen MR) is 87.7 cm³/mol. The quantitative estimate of drug-likeness (QED) is 0.836. The number of nitrogens with one attached hydrogen (secondary N) is 2. The van der Waals surface area contributed by atoms with Crippen molar-refractivity contribution in [2.45, 2.75) is 6.92 Å². The number of carbonyl (C=O) groups is 2. The second kappa shape index (κ2) is 7.06. The predicted octanol–water partition coefficient (Wildman–Crippen LogP) is 4.01. The smallest absolute Gasteiger partial charge is 0.248 e. The summed E-state index contributed by atoms with van der Waals surface area (Å²) in [5, 5.41) is 5.38. The van der Waals surface area contributed by atoms with Gasteiger partial charge in [-0.25, -0.2) is 0 Å². The highest BCUT2D eigenvalue weighted by molar-refractivity contribution is 7.17. The highest BCUT2D eigenvalue weighted by Crippen LogP contribution is 2.22. The molecule has 0 saturated heterocycles. The van der Waals surface area contributed by atoms with Crippen molar-refractivity contribution in [3.63, 3.8) is 0 Å². The molecule has 0 radical (unpaired) electrons. The fourth-order valence-electron chi connectivity index (χ4n) is 1.64. The molecule has 0 bridgehead atoms. The molecule has 6 heteroatoms. The van der Waals surface area contributed by atoms with Crippen LogP contribution in [0.15, 0.2) is 42.5 Å². The SMILES string of the molecule is CC(=O)Nc1cccc(NC(=O)C=Cc2ccc(Cl)s2)c1. The molecule has 2 amide bonds. The topological polar surface area (TPSA) is 58.2 Å². The van der Waals surface area contributed by atoms with Gasteiger partial charge in [-0.2, -0.15) is 0 Å². The maximum atomic E-state index is 11.8. The third-order valence-corrected chi connectivity index (χ3v) is 3.64. The van der Waals surface area contributed by atoms with Gasteiger partial charge in [-0.1, -0.05) is 17.7 Å². The largest absolute Gasteiger partial charge is 0.326 e. The van der Waals surface area contributed by atoms with Gasteiger partial charge in [0.25, 0.3) is 0 Å². The lowest BCUT2D eigenvalue weighted by molar-refractivity contribution is -0.114. The zero-order valence-corrected chi connectivity index (χ0v) is 12.8. The summed E-state index contributed by atoms with van der Waals surface area (Å²) in [5.74, 6) is -0.410. The first-order chi connectivity index (χ1) is 10.0. The lowest BCUT2D eigenvalue weighted by atomic mass is 10.2. The van der Waals surface area contributed by atoms with E-state index in [0.29, 0.717) is 15.7 Å². The molecule has 21 heavy (non-hydrogen) atoms. The summed E-state index contributed by atoms with van der Waals surface area (Å²) in [6.07, 6.45) is 3.14. The highest BCUT2D eigenvalue weighted by Gasteiger charge is 2.01. The van der Waals surface area contributed by atoms with E-state index in [2.05, 4.69) is 10.6 Å². The zero-order valence-electron chi connectivity index (χ0n) is 11.2. The minimum atomic E-state index is -0.250. The van der Waals surface area contributed by atoms with Gasteiger partial charge >= 0.3 is 0 Å². The van der Waals surface area contributed by atoms with Gasteiger partial charge in [0, 0.05) is 29.3 Å². The van der Waals surface area contributed by atoms with Crippen LogP contribution < -0.4 is 10.6 Å². The third-order valence-electron chi connectivity index (χ3n) is 2.44. The Labute approximate surface area is 131 Å². The molecule has 0 atom stereocenters. The molecule has 0 aliphatic carbocycles. The number of hydrogen-bond donors (Lipinski definition) is 2. The Kier molecular flexibility index (Phi) is 5.14. The van der Waals surface area contributed by atoms with Gasteiger partial charge in [0.1, 0.15) is 0 Å². The number of thiophene rings is 1. The Bertz CT molecular complexity index is 694. The van der Waals surface area contributed by atoms with Crippen molar-refractivity contribution in [1.29, 1.82) is 0 Å². The molecule has 1 aromatic carbocycles. The van der Waals surface area contributed by atoms with Crippen LogP contribution in [0, 0.1) is 0 Å². The van der Waals surface area contributed by atoms with E-state index in [4.69, 9.17) is 11.6 Å². The monoisotopic (exact) mass is 320 g/mol. The van der Waals surface area contributed by atoms with Crippen LogP contribution in [0.2, 0.25) is 4.34 Å². The fourth-order valence-corrected chi connectivity index (χ4v) is 2.60. The van der Waals surface area contributed by atoms with Crippen molar-refractivity contribution >= 4 is 52.2 Å². The van der Waals surface area contributed by atoms with Gasteiger partial charge in [0.05, 0.1) is 4.34 Å². The molecule has 2 N–H and O–H groups in total. The van der Waals surface area contributed by atoms with Crippen LogP contribution in [-0.2, 0) is 9.59 Å². The van der Waals surface area contributed by atoms with Crippen molar-refractivity contribution in [2.24, 2.45) is 0 Å². The molecule has 0 unspecified atom stereocenters. The number of amides is 2. The van der Waals surface area contributed by atoms with Crippen LogP contribution in [0.5, 0.6) is 0 Å². The zero-order chi connectivity index (χ0) is 15.2. The number of hydrogen-bond acceptors (Lipinski definition) is 3.